The average molecular weight is 330 g/mol. The molecule has 6 heteroatoms. The molecule has 0 aliphatic carbocycles. The van der Waals surface area contributed by atoms with Crippen LogP contribution in [0.15, 0.2) is 0 Å². The normalized spacial score (nSPS) is 5.89. The Hall–Kier alpha value is -0.178. The molecule has 5 nitrogen and oxygen atoms in total. The van der Waals surface area contributed by atoms with Gasteiger partial charge in [0.05, 0.1) is 0 Å². The molecule has 0 aromatic rings. The molecule has 0 amide bonds. The summed E-state index contributed by atoms with van der Waals surface area (Å²) in [4.78, 5) is 19.0. The fourth-order valence-electron chi connectivity index (χ4n) is 0.123. The molecule has 0 aromatic carbocycles. The summed E-state index contributed by atoms with van der Waals surface area (Å²) in [5, 5.41) is 7.64. The SMILES string of the molecule is CC(=O)OC(=O)O.N.[PbH2]. The first kappa shape index (κ1) is 15.9. The number of ether oxygens (including phenoxy) is 1. The molecule has 54 valence electrons. The van der Waals surface area contributed by atoms with Gasteiger partial charge in [0.25, 0.3) is 0 Å². The minimum atomic E-state index is -1.56. The number of carbonyl (C=O) groups is 2. The van der Waals surface area contributed by atoms with E-state index in [1.807, 2.05) is 0 Å². The van der Waals surface area contributed by atoms with E-state index >= 15 is 0 Å². The number of hydrogen-bond donors (Lipinski definition) is 2. The van der Waals surface area contributed by atoms with Crippen LogP contribution in [0, 0.1) is 0 Å². The minimum absolute atomic E-state index is 0. The van der Waals surface area contributed by atoms with Crippen LogP contribution in [0.4, 0.5) is 4.79 Å². The van der Waals surface area contributed by atoms with Crippen molar-refractivity contribution in [3.05, 3.63) is 0 Å². The maximum atomic E-state index is 9.65. The molecular formula is C3H9NO4Pb. The Morgan fingerprint density at radius 1 is 1.44 bits per heavy atom. The Morgan fingerprint density at radius 3 is 1.78 bits per heavy atom. The van der Waals surface area contributed by atoms with E-state index in [0.29, 0.717) is 0 Å². The first-order valence-corrected chi connectivity index (χ1v) is 1.54. The Morgan fingerprint density at radius 2 is 1.78 bits per heavy atom. The molecule has 9 heavy (non-hydrogen) atoms. The zero-order valence-electron chi connectivity index (χ0n) is 5.09. The standard InChI is InChI=1S/C3H4O4.H3N.Pb.2H/c1-2(4)7-3(5)6;;;;/h1H3,(H,5,6);1H3;;;. The number of esters is 1. The third-order valence-corrected chi connectivity index (χ3v) is 0.231. The van der Waals surface area contributed by atoms with Gasteiger partial charge in [0.1, 0.15) is 0 Å². The first-order chi connectivity index (χ1) is 3.13. The number of carbonyl (C=O) groups excluding carboxylic acids is 1. The van der Waals surface area contributed by atoms with Crippen molar-refractivity contribution < 1.29 is 19.4 Å². The quantitative estimate of drug-likeness (QED) is 0.354. The molecule has 0 aliphatic heterocycles. The van der Waals surface area contributed by atoms with Crippen molar-refractivity contribution in [1.29, 1.82) is 0 Å². The van der Waals surface area contributed by atoms with Gasteiger partial charge in [-0.3, -0.25) is 4.79 Å². The van der Waals surface area contributed by atoms with Crippen LogP contribution in [0.1, 0.15) is 6.92 Å². The maximum absolute atomic E-state index is 9.65. The van der Waals surface area contributed by atoms with Crippen LogP contribution in [-0.4, -0.2) is 44.5 Å². The Balaban J connectivity index is -0.000000180. The van der Waals surface area contributed by atoms with Crippen LogP contribution in [0.3, 0.4) is 0 Å². The second-order valence-electron chi connectivity index (χ2n) is 0.860. The summed E-state index contributed by atoms with van der Waals surface area (Å²) in [6.07, 6.45) is -1.56. The monoisotopic (exact) mass is 331 g/mol. The summed E-state index contributed by atoms with van der Waals surface area (Å²) in [5.41, 5.74) is 0. The summed E-state index contributed by atoms with van der Waals surface area (Å²) in [5.74, 6) is -0.812. The zero-order valence-corrected chi connectivity index (χ0v) is 10.6. The van der Waals surface area contributed by atoms with Gasteiger partial charge in [-0.25, -0.2) is 4.79 Å². The molecular weight excluding hydrogens is 321 g/mol. The van der Waals surface area contributed by atoms with Gasteiger partial charge in [-0.05, 0) is 0 Å². The van der Waals surface area contributed by atoms with Gasteiger partial charge in [0.2, 0.25) is 0 Å². The van der Waals surface area contributed by atoms with Crippen molar-refractivity contribution in [1.82, 2.24) is 6.15 Å². The fourth-order valence-corrected chi connectivity index (χ4v) is 0.123. The van der Waals surface area contributed by atoms with Crippen LogP contribution >= 0.6 is 0 Å². The van der Waals surface area contributed by atoms with Gasteiger partial charge in [-0.15, -0.1) is 0 Å². The molecule has 0 spiro atoms. The average Bonchev–Trinajstić information content (AvgIpc) is 1.27. The van der Waals surface area contributed by atoms with Crippen molar-refractivity contribution in [2.75, 3.05) is 0 Å². The summed E-state index contributed by atoms with van der Waals surface area (Å²) in [6, 6.07) is 0. The molecule has 4 N–H and O–H groups in total. The van der Waals surface area contributed by atoms with Crippen LogP contribution < -0.4 is 6.15 Å². The van der Waals surface area contributed by atoms with Gasteiger partial charge in [-0.1, -0.05) is 0 Å². The van der Waals surface area contributed by atoms with E-state index in [0.717, 1.165) is 6.92 Å². The second-order valence-corrected chi connectivity index (χ2v) is 0.860. The topological polar surface area (TPSA) is 98.6 Å². The van der Waals surface area contributed by atoms with Gasteiger partial charge >= 0.3 is 39.4 Å². The van der Waals surface area contributed by atoms with E-state index in [1.54, 1.807) is 0 Å². The summed E-state index contributed by atoms with van der Waals surface area (Å²) < 4.78 is 3.53. The summed E-state index contributed by atoms with van der Waals surface area (Å²) in [6.45, 7) is 1.02. The number of carboxylic acid groups (broad SMARTS) is 1. The van der Waals surface area contributed by atoms with Crippen LogP contribution in [0.2, 0.25) is 0 Å². The van der Waals surface area contributed by atoms with Gasteiger partial charge in [0, 0.05) is 6.92 Å². The van der Waals surface area contributed by atoms with E-state index in [9.17, 15) is 9.59 Å². The van der Waals surface area contributed by atoms with Crippen molar-refractivity contribution in [3.8, 4) is 0 Å². The van der Waals surface area contributed by atoms with E-state index in [-0.39, 0.29) is 33.4 Å². The van der Waals surface area contributed by atoms with Gasteiger partial charge in [0.15, 0.2) is 0 Å². The molecule has 0 bridgehead atoms. The first-order valence-electron chi connectivity index (χ1n) is 1.54. The van der Waals surface area contributed by atoms with Crippen molar-refractivity contribution in [3.63, 3.8) is 0 Å². The van der Waals surface area contributed by atoms with Gasteiger partial charge in [-0.2, -0.15) is 0 Å². The Labute approximate surface area is 72.1 Å². The van der Waals surface area contributed by atoms with E-state index < -0.39 is 12.1 Å². The van der Waals surface area contributed by atoms with Crippen molar-refractivity contribution >= 4 is 39.4 Å². The van der Waals surface area contributed by atoms with Crippen LogP contribution in [-0.2, 0) is 9.53 Å². The van der Waals surface area contributed by atoms with Gasteiger partial charge < -0.3 is 16.0 Å². The predicted octanol–water partition coefficient (Wildman–Crippen LogP) is -0.527. The fraction of sp³-hybridized carbons (Fsp3) is 0.333. The third kappa shape index (κ3) is 18.2. The third-order valence-electron chi connectivity index (χ3n) is 0.231. The van der Waals surface area contributed by atoms with Crippen molar-refractivity contribution in [2.24, 2.45) is 0 Å². The molecule has 0 fully saturated rings. The van der Waals surface area contributed by atoms with Crippen LogP contribution in [0.25, 0.3) is 0 Å². The number of rotatable bonds is 0. The molecule has 0 aromatic heterocycles. The summed E-state index contributed by atoms with van der Waals surface area (Å²) >= 11 is 0. The predicted molar refractivity (Wildman–Crippen MR) is 33.4 cm³/mol. The van der Waals surface area contributed by atoms with Crippen LogP contribution in [0.5, 0.6) is 0 Å². The molecule has 0 heterocycles. The van der Waals surface area contributed by atoms with E-state index in [4.69, 9.17) is 5.11 Å². The zero-order chi connectivity index (χ0) is 5.86. The summed E-state index contributed by atoms with van der Waals surface area (Å²) in [7, 11) is 0. The Bertz CT molecular complexity index is 92.0. The van der Waals surface area contributed by atoms with E-state index in [2.05, 4.69) is 4.74 Å². The van der Waals surface area contributed by atoms with Crippen molar-refractivity contribution in [2.45, 2.75) is 6.92 Å². The molecule has 0 rings (SSSR count). The molecule has 0 atom stereocenters. The molecule has 0 aliphatic rings. The molecule has 2 radical (unpaired) electrons. The van der Waals surface area contributed by atoms with E-state index in [1.165, 1.54) is 0 Å². The Kier molecular flexibility index (Phi) is 13.8. The second kappa shape index (κ2) is 7.82. The molecule has 0 saturated carbocycles. The molecule has 0 unspecified atom stereocenters. The number of hydrogen-bond acceptors (Lipinski definition) is 4. The molecule has 0 saturated heterocycles.